The van der Waals surface area contributed by atoms with Crippen molar-refractivity contribution in [1.82, 2.24) is 5.32 Å². The summed E-state index contributed by atoms with van der Waals surface area (Å²) in [5, 5.41) is 17.1. The maximum atomic E-state index is 11.1. The van der Waals surface area contributed by atoms with Crippen LogP contribution in [0, 0.1) is 0 Å². The molecular formula is C18H21NO2. The zero-order chi connectivity index (χ0) is 14.3. The minimum Gasteiger partial charge on any atom is -0.389 e. The van der Waals surface area contributed by atoms with Gasteiger partial charge < -0.3 is 15.2 Å². The highest BCUT2D eigenvalue weighted by Gasteiger charge is 2.41. The van der Waals surface area contributed by atoms with Gasteiger partial charge in [-0.25, -0.2) is 0 Å². The van der Waals surface area contributed by atoms with Crippen molar-refractivity contribution in [1.29, 1.82) is 0 Å². The van der Waals surface area contributed by atoms with Gasteiger partial charge in [0.15, 0.2) is 0 Å². The van der Waals surface area contributed by atoms with Crippen LogP contribution in [0.3, 0.4) is 0 Å². The van der Waals surface area contributed by atoms with Crippen LogP contribution in [0.15, 0.2) is 42.5 Å². The van der Waals surface area contributed by atoms with Crippen molar-refractivity contribution in [3.63, 3.8) is 0 Å². The molecule has 2 N–H and O–H groups in total. The highest BCUT2D eigenvalue weighted by atomic mass is 16.5. The Morgan fingerprint density at radius 2 is 1.76 bits per heavy atom. The number of rotatable bonds is 2. The summed E-state index contributed by atoms with van der Waals surface area (Å²) in [4.78, 5) is 0. The van der Waals surface area contributed by atoms with Crippen LogP contribution < -0.4 is 5.32 Å². The van der Waals surface area contributed by atoms with Crippen molar-refractivity contribution in [2.45, 2.75) is 36.9 Å². The summed E-state index contributed by atoms with van der Waals surface area (Å²) in [5.41, 5.74) is 0.630. The van der Waals surface area contributed by atoms with E-state index in [1.54, 1.807) is 0 Å². The predicted octanol–water partition coefficient (Wildman–Crippen LogP) is 2.26. The Morgan fingerprint density at radius 3 is 2.57 bits per heavy atom. The fourth-order valence-corrected chi connectivity index (χ4v) is 3.96. The number of piperidine rings is 1. The first-order chi connectivity index (χ1) is 10.2. The number of aliphatic hydroxyl groups is 1. The van der Waals surface area contributed by atoms with Crippen LogP contribution in [-0.2, 0) is 11.2 Å². The molecule has 21 heavy (non-hydrogen) atoms. The van der Waals surface area contributed by atoms with Crippen LogP contribution in [0.4, 0.5) is 0 Å². The third-order valence-electron chi connectivity index (χ3n) is 4.76. The Bertz CT molecular complexity index is 637. The van der Waals surface area contributed by atoms with Gasteiger partial charge in [0.25, 0.3) is 0 Å². The predicted molar refractivity (Wildman–Crippen MR) is 83.4 cm³/mol. The Hall–Kier alpha value is -1.42. The summed E-state index contributed by atoms with van der Waals surface area (Å²) < 4.78 is 5.58. The van der Waals surface area contributed by atoms with Crippen LogP contribution >= 0.6 is 0 Å². The molecule has 2 unspecified atom stereocenters. The van der Waals surface area contributed by atoms with E-state index in [1.165, 1.54) is 16.3 Å². The number of nitrogens with one attached hydrogen (secondary N) is 1. The molecule has 4 rings (SSSR count). The van der Waals surface area contributed by atoms with Crippen molar-refractivity contribution in [3.05, 3.63) is 48.0 Å². The van der Waals surface area contributed by atoms with Crippen molar-refractivity contribution >= 4 is 10.8 Å². The monoisotopic (exact) mass is 283 g/mol. The van der Waals surface area contributed by atoms with E-state index in [1.807, 2.05) is 0 Å². The summed E-state index contributed by atoms with van der Waals surface area (Å²) >= 11 is 0. The van der Waals surface area contributed by atoms with E-state index in [0.29, 0.717) is 13.2 Å². The number of ether oxygens (including phenoxy) is 1. The van der Waals surface area contributed by atoms with Gasteiger partial charge in [-0.05, 0) is 29.2 Å². The lowest BCUT2D eigenvalue weighted by atomic mass is 9.78. The third-order valence-corrected chi connectivity index (χ3v) is 4.76. The molecule has 2 aliphatic heterocycles. The lowest BCUT2D eigenvalue weighted by molar-refractivity contribution is -0.0754. The third kappa shape index (κ3) is 2.57. The van der Waals surface area contributed by atoms with E-state index in [-0.39, 0.29) is 12.1 Å². The van der Waals surface area contributed by atoms with Crippen LogP contribution in [-0.4, -0.2) is 36.0 Å². The highest BCUT2D eigenvalue weighted by molar-refractivity contribution is 5.85. The number of morpholine rings is 1. The molecular weight excluding hydrogens is 262 g/mol. The molecule has 0 spiro atoms. The smallest absolute Gasteiger partial charge is 0.0719 e. The lowest BCUT2D eigenvalue weighted by Gasteiger charge is -2.45. The molecule has 2 heterocycles. The SMILES string of the molecule is OC1(Cc2cccc3ccccc23)CC2COCC(C1)N2. The molecule has 2 saturated heterocycles. The molecule has 0 radical (unpaired) electrons. The average Bonchev–Trinajstić information content (AvgIpc) is 2.47. The summed E-state index contributed by atoms with van der Waals surface area (Å²) in [6.45, 7) is 1.43. The van der Waals surface area contributed by atoms with Crippen LogP contribution in [0.2, 0.25) is 0 Å². The molecule has 2 bridgehead atoms. The molecule has 2 aliphatic rings. The molecule has 0 saturated carbocycles. The fraction of sp³-hybridized carbons (Fsp3) is 0.444. The van der Waals surface area contributed by atoms with Gasteiger partial charge in [-0.1, -0.05) is 42.5 Å². The minimum absolute atomic E-state index is 0.289. The van der Waals surface area contributed by atoms with Crippen molar-refractivity contribution < 1.29 is 9.84 Å². The second kappa shape index (κ2) is 5.09. The Balaban J connectivity index is 1.65. The summed E-state index contributed by atoms with van der Waals surface area (Å²) in [7, 11) is 0. The van der Waals surface area contributed by atoms with Gasteiger partial charge in [-0.3, -0.25) is 0 Å². The first-order valence-corrected chi connectivity index (χ1v) is 7.75. The van der Waals surface area contributed by atoms with Gasteiger partial charge in [0, 0.05) is 18.5 Å². The first-order valence-electron chi connectivity index (χ1n) is 7.75. The van der Waals surface area contributed by atoms with Gasteiger partial charge in [0.05, 0.1) is 18.8 Å². The summed E-state index contributed by atoms with van der Waals surface area (Å²) in [6, 6.07) is 15.4. The standard InChI is InChI=1S/C18H21NO2/c20-18(9-15-11-21-12-16(10-18)19-15)8-14-6-3-5-13-4-1-2-7-17(13)14/h1-7,15-16,19-20H,8-12H2. The molecule has 0 aliphatic carbocycles. The van der Waals surface area contributed by atoms with Gasteiger partial charge in [-0.15, -0.1) is 0 Å². The van der Waals surface area contributed by atoms with Crippen molar-refractivity contribution in [3.8, 4) is 0 Å². The van der Waals surface area contributed by atoms with E-state index in [9.17, 15) is 5.11 Å². The summed E-state index contributed by atoms with van der Waals surface area (Å²) in [6.07, 6.45) is 2.27. The Kier molecular flexibility index (Phi) is 3.21. The topological polar surface area (TPSA) is 41.5 Å². The average molecular weight is 283 g/mol. The summed E-state index contributed by atoms with van der Waals surface area (Å²) in [5.74, 6) is 0. The van der Waals surface area contributed by atoms with Crippen molar-refractivity contribution in [2.75, 3.05) is 13.2 Å². The number of hydrogen-bond donors (Lipinski definition) is 2. The van der Waals surface area contributed by atoms with E-state index >= 15 is 0 Å². The second-order valence-corrected chi connectivity index (χ2v) is 6.55. The first kappa shape index (κ1) is 13.3. The molecule has 2 atom stereocenters. The maximum absolute atomic E-state index is 11.1. The van der Waals surface area contributed by atoms with Gasteiger partial charge in [0.1, 0.15) is 0 Å². The molecule has 110 valence electrons. The molecule has 2 fully saturated rings. The fourth-order valence-electron chi connectivity index (χ4n) is 3.96. The second-order valence-electron chi connectivity index (χ2n) is 6.55. The number of hydrogen-bond acceptors (Lipinski definition) is 3. The van der Waals surface area contributed by atoms with E-state index in [4.69, 9.17) is 4.74 Å². The van der Waals surface area contributed by atoms with Gasteiger partial charge in [-0.2, -0.15) is 0 Å². The molecule has 2 aromatic rings. The molecule has 3 nitrogen and oxygen atoms in total. The van der Waals surface area contributed by atoms with Crippen LogP contribution in [0.5, 0.6) is 0 Å². The van der Waals surface area contributed by atoms with Gasteiger partial charge >= 0.3 is 0 Å². The van der Waals surface area contributed by atoms with E-state index < -0.39 is 5.60 Å². The van der Waals surface area contributed by atoms with Gasteiger partial charge in [0.2, 0.25) is 0 Å². The Morgan fingerprint density at radius 1 is 1.05 bits per heavy atom. The Labute approximate surface area is 124 Å². The minimum atomic E-state index is -0.617. The van der Waals surface area contributed by atoms with E-state index in [2.05, 4.69) is 47.8 Å². The number of benzene rings is 2. The maximum Gasteiger partial charge on any atom is 0.0719 e. The number of fused-ring (bicyclic) bond motifs is 3. The highest BCUT2D eigenvalue weighted by Crippen LogP contribution is 2.33. The molecule has 0 aromatic heterocycles. The van der Waals surface area contributed by atoms with Crippen LogP contribution in [0.25, 0.3) is 10.8 Å². The molecule has 2 aromatic carbocycles. The molecule has 0 amide bonds. The largest absolute Gasteiger partial charge is 0.389 e. The van der Waals surface area contributed by atoms with E-state index in [0.717, 1.165) is 19.3 Å². The zero-order valence-electron chi connectivity index (χ0n) is 12.1. The quantitative estimate of drug-likeness (QED) is 0.888. The zero-order valence-corrected chi connectivity index (χ0v) is 12.1. The van der Waals surface area contributed by atoms with Crippen molar-refractivity contribution in [2.24, 2.45) is 0 Å². The normalized spacial score (nSPS) is 32.2. The lowest BCUT2D eigenvalue weighted by Crippen LogP contribution is -2.60. The molecule has 3 heteroatoms. The van der Waals surface area contributed by atoms with Crippen LogP contribution in [0.1, 0.15) is 18.4 Å².